The van der Waals surface area contributed by atoms with Crippen LogP contribution in [-0.2, 0) is 0 Å². The van der Waals surface area contributed by atoms with Gasteiger partial charge in [0.2, 0.25) is 0 Å². The van der Waals surface area contributed by atoms with Crippen LogP contribution in [-0.4, -0.2) is 23.5 Å². The molecule has 14 heavy (non-hydrogen) atoms. The molecule has 1 aromatic rings. The van der Waals surface area contributed by atoms with Crippen LogP contribution in [0.3, 0.4) is 0 Å². The molecular formula is C11H14N2O. The molecule has 0 radical (unpaired) electrons. The van der Waals surface area contributed by atoms with E-state index in [1.807, 2.05) is 6.07 Å². The molecule has 0 amide bonds. The fourth-order valence-corrected chi connectivity index (χ4v) is 1.00. The molecule has 74 valence electrons. The molecule has 0 fully saturated rings. The van der Waals surface area contributed by atoms with Crippen LogP contribution in [0.4, 0.5) is 0 Å². The Morgan fingerprint density at radius 1 is 1.57 bits per heavy atom. The summed E-state index contributed by atoms with van der Waals surface area (Å²) in [6, 6.07) is 5.32. The first-order chi connectivity index (χ1) is 6.84. The molecule has 0 aliphatic heterocycles. The lowest BCUT2D eigenvalue weighted by atomic mass is 10.2. The molecule has 3 heteroatoms. The molecule has 0 aliphatic carbocycles. The Bertz CT molecular complexity index is 306. The number of rotatable bonds is 5. The predicted molar refractivity (Wildman–Crippen MR) is 56.8 cm³/mol. The van der Waals surface area contributed by atoms with Crippen LogP contribution in [0.15, 0.2) is 29.4 Å². The summed E-state index contributed by atoms with van der Waals surface area (Å²) in [5, 5.41) is 0. The summed E-state index contributed by atoms with van der Waals surface area (Å²) >= 11 is 0. The number of ketones is 1. The Morgan fingerprint density at radius 2 is 2.43 bits per heavy atom. The van der Waals surface area contributed by atoms with Crippen molar-refractivity contribution in [2.45, 2.75) is 19.8 Å². The van der Waals surface area contributed by atoms with E-state index in [2.05, 4.69) is 16.9 Å². The molecule has 0 saturated heterocycles. The smallest absolute Gasteiger partial charge is 0.186 e. The Balaban J connectivity index is 2.44. The molecule has 0 unspecified atom stereocenters. The Labute approximate surface area is 83.9 Å². The maximum absolute atomic E-state index is 11.5. The number of Topliss-reactive ketones (excluding diaryl/α,β-unsaturated/α-hetero) is 1. The number of carbonyl (C=O) groups excluding carboxylic acids is 1. The number of carbonyl (C=O) groups is 1. The summed E-state index contributed by atoms with van der Waals surface area (Å²) in [6.45, 7) is 2.84. The van der Waals surface area contributed by atoms with Crippen LogP contribution in [0.1, 0.15) is 30.3 Å². The molecule has 0 aliphatic rings. The van der Waals surface area contributed by atoms with E-state index in [4.69, 9.17) is 0 Å². The highest BCUT2D eigenvalue weighted by molar-refractivity contribution is 6.02. The number of hydrogen-bond acceptors (Lipinski definition) is 3. The highest BCUT2D eigenvalue weighted by Gasteiger charge is 2.03. The van der Waals surface area contributed by atoms with Crippen molar-refractivity contribution in [1.29, 1.82) is 0 Å². The lowest BCUT2D eigenvalue weighted by molar-refractivity contribution is 0.0997. The van der Waals surface area contributed by atoms with Gasteiger partial charge in [0.05, 0.1) is 0 Å². The second-order valence-corrected chi connectivity index (χ2v) is 2.93. The van der Waals surface area contributed by atoms with Crippen LogP contribution in [0.25, 0.3) is 0 Å². The Kier molecular flexibility index (Phi) is 4.55. The van der Waals surface area contributed by atoms with Gasteiger partial charge in [0.1, 0.15) is 5.69 Å². The maximum Gasteiger partial charge on any atom is 0.186 e. The quantitative estimate of drug-likeness (QED) is 0.527. The van der Waals surface area contributed by atoms with E-state index in [0.717, 1.165) is 13.0 Å². The van der Waals surface area contributed by atoms with Crippen molar-refractivity contribution in [2.24, 2.45) is 4.99 Å². The number of nitrogens with zero attached hydrogens (tertiary/aromatic N) is 2. The van der Waals surface area contributed by atoms with Crippen LogP contribution < -0.4 is 0 Å². The van der Waals surface area contributed by atoms with E-state index >= 15 is 0 Å². The van der Waals surface area contributed by atoms with E-state index in [1.54, 1.807) is 24.5 Å². The number of pyridine rings is 1. The first-order valence-electron chi connectivity index (χ1n) is 4.77. The van der Waals surface area contributed by atoms with Gasteiger partial charge in [-0.15, -0.1) is 0 Å². The van der Waals surface area contributed by atoms with Crippen molar-refractivity contribution in [3.05, 3.63) is 30.1 Å². The lowest BCUT2D eigenvalue weighted by Crippen LogP contribution is -2.01. The minimum Gasteiger partial charge on any atom is -0.297 e. The molecule has 0 aromatic carbocycles. The normalized spacial score (nSPS) is 10.6. The van der Waals surface area contributed by atoms with Crippen LogP contribution in [0.5, 0.6) is 0 Å². The average Bonchev–Trinajstić information content (AvgIpc) is 2.25. The standard InChI is InChI=1S/C11H14N2O/c1-2-7-12-9-6-11(14)10-5-3-4-8-13-10/h3-5,8-9H,2,6-7H2,1H3. The van der Waals surface area contributed by atoms with Gasteiger partial charge in [0.15, 0.2) is 5.78 Å². The van der Waals surface area contributed by atoms with Gasteiger partial charge in [0, 0.05) is 25.4 Å². The molecule has 0 N–H and O–H groups in total. The van der Waals surface area contributed by atoms with Crippen molar-refractivity contribution >= 4 is 12.0 Å². The molecule has 0 bridgehead atoms. The fourth-order valence-electron chi connectivity index (χ4n) is 1.00. The van der Waals surface area contributed by atoms with Crippen molar-refractivity contribution in [2.75, 3.05) is 6.54 Å². The summed E-state index contributed by atoms with van der Waals surface area (Å²) in [7, 11) is 0. The number of aliphatic imine (C=N–C) groups is 1. The summed E-state index contributed by atoms with van der Waals surface area (Å²) in [4.78, 5) is 19.5. The maximum atomic E-state index is 11.5. The first-order valence-corrected chi connectivity index (χ1v) is 4.77. The SMILES string of the molecule is CCCN=CCC(=O)c1ccccn1. The number of hydrogen-bond donors (Lipinski definition) is 0. The van der Waals surface area contributed by atoms with Gasteiger partial charge in [-0.3, -0.25) is 14.8 Å². The summed E-state index contributed by atoms with van der Waals surface area (Å²) < 4.78 is 0. The van der Waals surface area contributed by atoms with Crippen LogP contribution >= 0.6 is 0 Å². The molecule has 0 saturated carbocycles. The molecule has 1 heterocycles. The van der Waals surface area contributed by atoms with Gasteiger partial charge >= 0.3 is 0 Å². The largest absolute Gasteiger partial charge is 0.297 e. The molecule has 1 rings (SSSR count). The fraction of sp³-hybridized carbons (Fsp3) is 0.364. The van der Waals surface area contributed by atoms with Crippen LogP contribution in [0.2, 0.25) is 0 Å². The van der Waals surface area contributed by atoms with E-state index in [-0.39, 0.29) is 5.78 Å². The third kappa shape index (κ3) is 3.47. The zero-order valence-electron chi connectivity index (χ0n) is 8.31. The molecular weight excluding hydrogens is 176 g/mol. The monoisotopic (exact) mass is 190 g/mol. The summed E-state index contributed by atoms with van der Waals surface area (Å²) in [5.74, 6) is 0.0189. The zero-order valence-corrected chi connectivity index (χ0v) is 8.31. The topological polar surface area (TPSA) is 42.3 Å². The van der Waals surface area contributed by atoms with E-state index in [0.29, 0.717) is 12.1 Å². The van der Waals surface area contributed by atoms with Crippen molar-refractivity contribution in [3.8, 4) is 0 Å². The van der Waals surface area contributed by atoms with Gasteiger partial charge in [-0.05, 0) is 18.6 Å². The van der Waals surface area contributed by atoms with Crippen molar-refractivity contribution in [3.63, 3.8) is 0 Å². The summed E-state index contributed by atoms with van der Waals surface area (Å²) in [5.41, 5.74) is 0.510. The van der Waals surface area contributed by atoms with Gasteiger partial charge in [-0.2, -0.15) is 0 Å². The number of aromatic nitrogens is 1. The lowest BCUT2D eigenvalue weighted by Gasteiger charge is -1.94. The van der Waals surface area contributed by atoms with Gasteiger partial charge in [-0.25, -0.2) is 0 Å². The zero-order chi connectivity index (χ0) is 10.2. The second-order valence-electron chi connectivity index (χ2n) is 2.93. The third-order valence-electron chi connectivity index (χ3n) is 1.71. The highest BCUT2D eigenvalue weighted by atomic mass is 16.1. The van der Waals surface area contributed by atoms with Gasteiger partial charge in [-0.1, -0.05) is 13.0 Å². The van der Waals surface area contributed by atoms with E-state index in [9.17, 15) is 4.79 Å². The van der Waals surface area contributed by atoms with Gasteiger partial charge in [0.25, 0.3) is 0 Å². The second kappa shape index (κ2) is 6.02. The Hall–Kier alpha value is -1.51. The highest BCUT2D eigenvalue weighted by Crippen LogP contribution is 1.97. The molecule has 0 spiro atoms. The van der Waals surface area contributed by atoms with Crippen LogP contribution in [0, 0.1) is 0 Å². The first kappa shape index (κ1) is 10.6. The average molecular weight is 190 g/mol. The summed E-state index contributed by atoms with van der Waals surface area (Å²) in [6.07, 6.45) is 4.64. The predicted octanol–water partition coefficient (Wildman–Crippen LogP) is 2.14. The molecule has 3 nitrogen and oxygen atoms in total. The van der Waals surface area contributed by atoms with E-state index in [1.165, 1.54) is 0 Å². The molecule has 1 aromatic heterocycles. The minimum atomic E-state index is 0.0189. The van der Waals surface area contributed by atoms with Gasteiger partial charge < -0.3 is 0 Å². The van der Waals surface area contributed by atoms with E-state index < -0.39 is 0 Å². The third-order valence-corrected chi connectivity index (χ3v) is 1.71. The molecule has 0 atom stereocenters. The van der Waals surface area contributed by atoms with Crippen molar-refractivity contribution in [1.82, 2.24) is 4.98 Å². The minimum absolute atomic E-state index is 0.0189. The Morgan fingerprint density at radius 3 is 3.07 bits per heavy atom. The van der Waals surface area contributed by atoms with Crippen molar-refractivity contribution < 1.29 is 4.79 Å².